The van der Waals surface area contributed by atoms with Crippen molar-refractivity contribution in [1.82, 2.24) is 5.32 Å². The second-order valence-electron chi connectivity index (χ2n) is 6.29. The average molecular weight is 370 g/mol. The van der Waals surface area contributed by atoms with Crippen LogP contribution in [0.4, 0.5) is 0 Å². The number of ether oxygens (including phenoxy) is 1. The van der Waals surface area contributed by atoms with Crippen molar-refractivity contribution in [3.8, 4) is 5.75 Å². The van der Waals surface area contributed by atoms with E-state index in [2.05, 4.69) is 5.32 Å². The first-order chi connectivity index (χ1) is 11.6. The number of hydrogen-bond acceptors (Lipinski definition) is 4. The predicted molar refractivity (Wildman–Crippen MR) is 99.9 cm³/mol. The highest BCUT2D eigenvalue weighted by atomic mass is 35.5. The second-order valence-corrected chi connectivity index (χ2v) is 6.29. The molecule has 140 valence electrons. The lowest BCUT2D eigenvalue weighted by atomic mass is 9.84. The molecule has 2 amide bonds. The monoisotopic (exact) mass is 369 g/mol. The molecule has 0 aromatic heterocycles. The van der Waals surface area contributed by atoms with Crippen molar-refractivity contribution in [2.24, 2.45) is 17.4 Å². The molecule has 6 nitrogen and oxygen atoms in total. The highest BCUT2D eigenvalue weighted by molar-refractivity contribution is 5.92. The van der Waals surface area contributed by atoms with Gasteiger partial charge in [0.15, 0.2) is 0 Å². The van der Waals surface area contributed by atoms with E-state index in [-0.39, 0.29) is 37.4 Å². The molecule has 1 atom stereocenters. The van der Waals surface area contributed by atoms with Crippen LogP contribution in [0.3, 0.4) is 0 Å². The van der Waals surface area contributed by atoms with Crippen molar-refractivity contribution in [3.05, 3.63) is 29.8 Å². The van der Waals surface area contributed by atoms with Gasteiger partial charge in [-0.15, -0.1) is 12.4 Å². The molecule has 25 heavy (non-hydrogen) atoms. The Morgan fingerprint density at radius 3 is 2.36 bits per heavy atom. The van der Waals surface area contributed by atoms with Crippen LogP contribution >= 0.6 is 12.4 Å². The molecule has 1 aliphatic carbocycles. The van der Waals surface area contributed by atoms with Gasteiger partial charge in [0, 0.05) is 18.2 Å². The Labute approximate surface area is 155 Å². The summed E-state index contributed by atoms with van der Waals surface area (Å²) in [6, 6.07) is 6.61. The first-order valence-electron chi connectivity index (χ1n) is 8.62. The van der Waals surface area contributed by atoms with Gasteiger partial charge >= 0.3 is 0 Å². The Bertz CT molecular complexity index is 545. The number of nitrogens with one attached hydrogen (secondary N) is 1. The fraction of sp³-hybridized carbons (Fsp3) is 0.556. The zero-order valence-electron chi connectivity index (χ0n) is 14.4. The minimum Gasteiger partial charge on any atom is -0.493 e. The molecule has 5 N–H and O–H groups in total. The largest absolute Gasteiger partial charge is 0.493 e. The number of nitrogens with two attached hydrogens (primary N) is 2. The van der Waals surface area contributed by atoms with Crippen molar-refractivity contribution in [2.75, 3.05) is 13.2 Å². The normalized spacial score (nSPS) is 15.7. The van der Waals surface area contributed by atoms with Crippen LogP contribution in [0.1, 0.15) is 48.9 Å². The predicted octanol–water partition coefficient (Wildman–Crippen LogP) is 2.00. The van der Waals surface area contributed by atoms with Crippen LogP contribution in [-0.2, 0) is 4.79 Å². The van der Waals surface area contributed by atoms with E-state index in [0.29, 0.717) is 23.8 Å². The van der Waals surface area contributed by atoms with Gasteiger partial charge in [0.25, 0.3) is 0 Å². The third kappa shape index (κ3) is 6.92. The fourth-order valence-corrected chi connectivity index (χ4v) is 3.16. The summed E-state index contributed by atoms with van der Waals surface area (Å²) in [4.78, 5) is 23.1. The van der Waals surface area contributed by atoms with Crippen LogP contribution in [0, 0.1) is 5.92 Å². The molecular formula is C18H28ClN3O3. The van der Waals surface area contributed by atoms with Crippen LogP contribution < -0.4 is 21.5 Å². The number of carbonyl (C=O) groups excluding carboxylic acids is 2. The van der Waals surface area contributed by atoms with Gasteiger partial charge in [0.2, 0.25) is 11.8 Å². The highest BCUT2D eigenvalue weighted by Crippen LogP contribution is 2.26. The zero-order chi connectivity index (χ0) is 17.4. The summed E-state index contributed by atoms with van der Waals surface area (Å²) in [5.74, 6) is 0.590. The Morgan fingerprint density at radius 1 is 1.16 bits per heavy atom. The molecule has 1 aromatic rings. The first kappa shape index (κ1) is 21.3. The van der Waals surface area contributed by atoms with Gasteiger partial charge in [-0.2, -0.15) is 0 Å². The quantitative estimate of drug-likeness (QED) is 0.651. The minimum absolute atomic E-state index is 0. The molecule has 0 saturated heterocycles. The van der Waals surface area contributed by atoms with E-state index >= 15 is 0 Å². The van der Waals surface area contributed by atoms with E-state index < -0.39 is 5.91 Å². The van der Waals surface area contributed by atoms with Gasteiger partial charge in [0.05, 0.1) is 13.0 Å². The molecule has 1 aromatic carbocycles. The number of carbonyl (C=O) groups is 2. The Balaban J connectivity index is 0.00000312. The number of hydrogen-bond donors (Lipinski definition) is 3. The maximum absolute atomic E-state index is 12.1. The summed E-state index contributed by atoms with van der Waals surface area (Å²) in [6.07, 6.45) is 6.30. The molecule has 0 radical (unpaired) electrons. The van der Waals surface area contributed by atoms with E-state index in [1.165, 1.54) is 19.3 Å². The first-order valence-corrected chi connectivity index (χ1v) is 8.62. The molecule has 0 aliphatic heterocycles. The van der Waals surface area contributed by atoms with E-state index in [4.69, 9.17) is 16.2 Å². The smallest absolute Gasteiger partial charge is 0.248 e. The van der Waals surface area contributed by atoms with Gasteiger partial charge in [-0.05, 0) is 43.0 Å². The average Bonchev–Trinajstić information content (AvgIpc) is 2.61. The van der Waals surface area contributed by atoms with E-state index in [0.717, 1.165) is 12.8 Å². The van der Waals surface area contributed by atoms with Gasteiger partial charge in [-0.3, -0.25) is 9.59 Å². The van der Waals surface area contributed by atoms with Crippen molar-refractivity contribution in [1.29, 1.82) is 0 Å². The van der Waals surface area contributed by atoms with E-state index in [9.17, 15) is 9.59 Å². The SMILES string of the molecule is Cl.NCC(NC(=O)CCOc1ccc(C(N)=O)cc1)C1CCCCC1. The van der Waals surface area contributed by atoms with Gasteiger partial charge in [-0.25, -0.2) is 0 Å². The summed E-state index contributed by atoms with van der Waals surface area (Å²) in [5.41, 5.74) is 11.4. The molecule has 1 saturated carbocycles. The highest BCUT2D eigenvalue weighted by Gasteiger charge is 2.23. The van der Waals surface area contributed by atoms with Crippen LogP contribution in [0.2, 0.25) is 0 Å². The third-order valence-electron chi connectivity index (χ3n) is 4.56. The van der Waals surface area contributed by atoms with Crippen molar-refractivity contribution >= 4 is 24.2 Å². The second kappa shape index (κ2) is 10.9. The lowest BCUT2D eigenvalue weighted by Crippen LogP contribution is -2.46. The maximum Gasteiger partial charge on any atom is 0.248 e. The number of benzene rings is 1. The van der Waals surface area contributed by atoms with Crippen LogP contribution in [-0.4, -0.2) is 31.0 Å². The van der Waals surface area contributed by atoms with Crippen molar-refractivity contribution in [3.63, 3.8) is 0 Å². The Morgan fingerprint density at radius 2 is 1.80 bits per heavy atom. The Kier molecular flexibility index (Phi) is 9.31. The molecule has 0 bridgehead atoms. The van der Waals surface area contributed by atoms with Gasteiger partial charge in [0.1, 0.15) is 5.75 Å². The molecule has 1 fully saturated rings. The number of rotatable bonds is 8. The summed E-state index contributed by atoms with van der Waals surface area (Å²) < 4.78 is 5.53. The molecule has 0 heterocycles. The number of halogens is 1. The van der Waals surface area contributed by atoms with Crippen molar-refractivity contribution in [2.45, 2.75) is 44.6 Å². The summed E-state index contributed by atoms with van der Waals surface area (Å²) in [5, 5.41) is 3.04. The molecule has 2 rings (SSSR count). The standard InChI is InChI=1S/C18H27N3O3.ClH/c19-12-16(13-4-2-1-3-5-13)21-17(22)10-11-24-15-8-6-14(7-9-15)18(20)23;/h6-9,13,16H,1-5,10-12,19H2,(H2,20,23)(H,21,22);1H. The van der Waals surface area contributed by atoms with Crippen LogP contribution in [0.25, 0.3) is 0 Å². The van der Waals surface area contributed by atoms with Gasteiger partial charge < -0.3 is 21.5 Å². The Hall–Kier alpha value is -1.79. The summed E-state index contributed by atoms with van der Waals surface area (Å²) in [7, 11) is 0. The molecular weight excluding hydrogens is 342 g/mol. The zero-order valence-corrected chi connectivity index (χ0v) is 15.2. The van der Waals surface area contributed by atoms with E-state index in [1.807, 2.05) is 0 Å². The fourth-order valence-electron chi connectivity index (χ4n) is 3.16. The van der Waals surface area contributed by atoms with Crippen LogP contribution in [0.15, 0.2) is 24.3 Å². The molecule has 0 spiro atoms. The third-order valence-corrected chi connectivity index (χ3v) is 4.56. The van der Waals surface area contributed by atoms with Gasteiger partial charge in [-0.1, -0.05) is 19.3 Å². The topological polar surface area (TPSA) is 107 Å². The number of primary amides is 1. The number of amides is 2. The summed E-state index contributed by atoms with van der Waals surface area (Å²) >= 11 is 0. The molecule has 7 heteroatoms. The molecule has 1 unspecified atom stereocenters. The van der Waals surface area contributed by atoms with E-state index in [1.54, 1.807) is 24.3 Å². The minimum atomic E-state index is -0.475. The maximum atomic E-state index is 12.1. The molecule has 1 aliphatic rings. The van der Waals surface area contributed by atoms with Crippen LogP contribution in [0.5, 0.6) is 5.75 Å². The van der Waals surface area contributed by atoms with Crippen molar-refractivity contribution < 1.29 is 14.3 Å². The lowest BCUT2D eigenvalue weighted by Gasteiger charge is -2.30. The summed E-state index contributed by atoms with van der Waals surface area (Å²) in [6.45, 7) is 0.759. The lowest BCUT2D eigenvalue weighted by molar-refractivity contribution is -0.122.